The molecule has 1 aromatic rings. The number of ether oxygens (including phenoxy) is 2. The second kappa shape index (κ2) is 9.40. The Kier molecular flexibility index (Phi) is 7.06. The van der Waals surface area contributed by atoms with E-state index in [9.17, 15) is 9.59 Å². The van der Waals surface area contributed by atoms with Crippen molar-refractivity contribution >= 4 is 17.6 Å². The van der Waals surface area contributed by atoms with E-state index in [-0.39, 0.29) is 31.4 Å². The highest BCUT2D eigenvalue weighted by Gasteiger charge is 2.45. The van der Waals surface area contributed by atoms with Crippen LogP contribution in [0.25, 0.3) is 5.57 Å². The van der Waals surface area contributed by atoms with E-state index in [1.54, 1.807) is 11.8 Å². The number of aryl methyl sites for hydroxylation is 1. The summed E-state index contributed by atoms with van der Waals surface area (Å²) in [6, 6.07) is 1.50. The maximum Gasteiger partial charge on any atom is 0.410 e. The van der Waals surface area contributed by atoms with E-state index in [0.717, 1.165) is 11.3 Å². The first-order valence-electron chi connectivity index (χ1n) is 10.8. The average molecular weight is 436 g/mol. The van der Waals surface area contributed by atoms with Crippen molar-refractivity contribution < 1.29 is 28.7 Å². The molecule has 2 atom stereocenters. The number of fused-ring (bicyclic) bond motifs is 2. The van der Waals surface area contributed by atoms with Crippen LogP contribution in [0.2, 0.25) is 0 Å². The Morgan fingerprint density at radius 1 is 1.32 bits per heavy atom. The van der Waals surface area contributed by atoms with Gasteiger partial charge < -0.3 is 24.0 Å². The second-order valence-corrected chi connectivity index (χ2v) is 9.05. The third kappa shape index (κ3) is 5.27. The molecule has 0 spiro atoms. The van der Waals surface area contributed by atoms with Crippen molar-refractivity contribution in [3.05, 3.63) is 23.1 Å². The van der Waals surface area contributed by atoms with Crippen LogP contribution in [0.4, 0.5) is 4.79 Å². The average Bonchev–Trinajstić information content (AvgIpc) is 3.13. The van der Waals surface area contributed by atoms with Crippen LogP contribution in [-0.2, 0) is 20.7 Å². The molecule has 2 bridgehead atoms. The van der Waals surface area contributed by atoms with E-state index < -0.39 is 11.6 Å². The van der Waals surface area contributed by atoms with Gasteiger partial charge in [-0.2, -0.15) is 0 Å². The molecule has 2 aliphatic rings. The highest BCUT2D eigenvalue weighted by atomic mass is 16.6. The summed E-state index contributed by atoms with van der Waals surface area (Å²) in [5.74, 6) is 0.136. The second-order valence-electron chi connectivity index (χ2n) is 9.05. The van der Waals surface area contributed by atoms with Gasteiger partial charge in [-0.05, 0) is 54.0 Å². The number of aliphatic hydroxyl groups is 1. The van der Waals surface area contributed by atoms with E-state index >= 15 is 0 Å². The Balaban J connectivity index is 1.94. The molecule has 9 nitrogen and oxygen atoms in total. The van der Waals surface area contributed by atoms with Gasteiger partial charge in [-0.15, -0.1) is 0 Å². The molecule has 0 aliphatic carbocycles. The molecule has 9 heteroatoms. The van der Waals surface area contributed by atoms with Crippen molar-refractivity contribution in [3.8, 4) is 0 Å². The van der Waals surface area contributed by atoms with Crippen molar-refractivity contribution in [1.82, 2.24) is 15.0 Å². The molecule has 1 fully saturated rings. The molecule has 0 aromatic carbocycles. The molecule has 0 radical (unpaired) electrons. The van der Waals surface area contributed by atoms with Gasteiger partial charge in [0.1, 0.15) is 5.60 Å². The first-order chi connectivity index (χ1) is 14.6. The van der Waals surface area contributed by atoms with Crippen molar-refractivity contribution in [2.24, 2.45) is 0 Å². The van der Waals surface area contributed by atoms with E-state index in [1.165, 1.54) is 0 Å². The summed E-state index contributed by atoms with van der Waals surface area (Å²) in [5, 5.41) is 13.2. The Bertz CT molecular complexity index is 841. The summed E-state index contributed by atoms with van der Waals surface area (Å²) in [6.45, 7) is 8.42. The molecule has 2 unspecified atom stereocenters. The number of hydrogen-bond acceptors (Lipinski definition) is 8. The van der Waals surface area contributed by atoms with E-state index in [1.807, 2.05) is 33.9 Å². The van der Waals surface area contributed by atoms with Gasteiger partial charge in [0, 0.05) is 37.4 Å². The van der Waals surface area contributed by atoms with Crippen molar-refractivity contribution in [2.75, 3.05) is 33.4 Å². The predicted molar refractivity (Wildman–Crippen MR) is 113 cm³/mol. The van der Waals surface area contributed by atoms with Gasteiger partial charge in [-0.25, -0.2) is 9.59 Å². The molecule has 3 heterocycles. The van der Waals surface area contributed by atoms with Gasteiger partial charge in [-0.1, -0.05) is 5.16 Å². The molecule has 1 N–H and O–H groups in total. The first-order valence-corrected chi connectivity index (χ1v) is 10.8. The highest BCUT2D eigenvalue weighted by molar-refractivity contribution is 5.99. The van der Waals surface area contributed by atoms with E-state index in [0.29, 0.717) is 43.7 Å². The zero-order valence-corrected chi connectivity index (χ0v) is 19.0. The van der Waals surface area contributed by atoms with Gasteiger partial charge in [-0.3, -0.25) is 4.90 Å². The fourth-order valence-electron chi connectivity index (χ4n) is 4.11. The first kappa shape index (κ1) is 23.3. The number of amides is 1. The third-order valence-electron chi connectivity index (χ3n) is 5.58. The molecular formula is C22H33N3O6. The molecule has 1 saturated heterocycles. The molecule has 3 rings (SSSR count). The lowest BCUT2D eigenvalue weighted by Gasteiger charge is -2.48. The lowest BCUT2D eigenvalue weighted by atomic mass is 9.84. The van der Waals surface area contributed by atoms with Crippen LogP contribution < -0.4 is 0 Å². The van der Waals surface area contributed by atoms with Gasteiger partial charge in [0.15, 0.2) is 5.76 Å². The van der Waals surface area contributed by atoms with Crippen LogP contribution in [0.1, 0.15) is 52.0 Å². The quantitative estimate of drug-likeness (QED) is 0.679. The number of nitrogens with zero attached hydrogens (tertiary/aromatic N) is 3. The predicted octanol–water partition coefficient (Wildman–Crippen LogP) is 2.24. The van der Waals surface area contributed by atoms with E-state index in [2.05, 4.69) is 10.1 Å². The van der Waals surface area contributed by atoms with E-state index in [4.69, 9.17) is 19.1 Å². The third-order valence-corrected chi connectivity index (χ3v) is 5.58. The van der Waals surface area contributed by atoms with Crippen molar-refractivity contribution in [1.29, 1.82) is 0 Å². The molecule has 31 heavy (non-hydrogen) atoms. The van der Waals surface area contributed by atoms with Crippen LogP contribution in [0.3, 0.4) is 0 Å². The van der Waals surface area contributed by atoms with Crippen LogP contribution in [0.5, 0.6) is 0 Å². The number of hydrogen-bond donors (Lipinski definition) is 1. The van der Waals surface area contributed by atoms with Crippen LogP contribution in [0.15, 0.2) is 16.2 Å². The number of esters is 1. The Labute approximate surface area is 182 Å². The van der Waals surface area contributed by atoms with Gasteiger partial charge >= 0.3 is 12.1 Å². The Morgan fingerprint density at radius 2 is 2.06 bits per heavy atom. The maximum absolute atomic E-state index is 13.0. The smallest absolute Gasteiger partial charge is 0.410 e. The summed E-state index contributed by atoms with van der Waals surface area (Å²) in [4.78, 5) is 29.5. The van der Waals surface area contributed by atoms with Gasteiger partial charge in [0.2, 0.25) is 0 Å². The lowest BCUT2D eigenvalue weighted by Crippen LogP contribution is -2.62. The van der Waals surface area contributed by atoms with Crippen molar-refractivity contribution in [3.63, 3.8) is 0 Å². The normalized spacial score (nSPS) is 21.9. The molecule has 1 aromatic heterocycles. The van der Waals surface area contributed by atoms with Crippen molar-refractivity contribution in [2.45, 2.75) is 64.6 Å². The number of carbonyl (C=O) groups excluding carboxylic acids is 2. The summed E-state index contributed by atoms with van der Waals surface area (Å²) in [5.41, 5.74) is 1.42. The van der Waals surface area contributed by atoms with Gasteiger partial charge in [0.25, 0.3) is 0 Å². The summed E-state index contributed by atoms with van der Waals surface area (Å²) in [6.07, 6.45) is 1.33. The minimum Gasteiger partial charge on any atom is -0.463 e. The topological polar surface area (TPSA) is 105 Å². The number of rotatable bonds is 6. The Hall–Kier alpha value is -2.39. The number of piperazine rings is 1. The van der Waals surface area contributed by atoms with Crippen LogP contribution in [-0.4, -0.2) is 83.2 Å². The summed E-state index contributed by atoms with van der Waals surface area (Å²) in [7, 11) is 1.96. The maximum atomic E-state index is 13.0. The SMILES string of the molecule is CCOC(=O)C1=C(c2cc(CCCO)no2)CC2CN(C(=O)OC(C)(C)C)CC1N2C. The fraction of sp³-hybridized carbons (Fsp3) is 0.682. The zero-order valence-electron chi connectivity index (χ0n) is 19.0. The lowest BCUT2D eigenvalue weighted by molar-refractivity contribution is -0.140. The largest absolute Gasteiger partial charge is 0.463 e. The summed E-state index contributed by atoms with van der Waals surface area (Å²) < 4.78 is 16.5. The number of aromatic nitrogens is 1. The van der Waals surface area contributed by atoms with Crippen LogP contribution >= 0.6 is 0 Å². The number of aliphatic hydroxyl groups excluding tert-OH is 1. The summed E-state index contributed by atoms with van der Waals surface area (Å²) >= 11 is 0. The monoisotopic (exact) mass is 435 g/mol. The zero-order chi connectivity index (χ0) is 22.8. The number of likely N-dealkylation sites (N-methyl/N-ethyl adjacent to an activating group) is 1. The highest BCUT2D eigenvalue weighted by Crippen LogP contribution is 2.38. The standard InChI is InChI=1S/C22H33N3O6/c1-6-29-20(27)19-16(18-10-14(23-31-18)8-7-9-26)11-15-12-25(13-17(19)24(15)5)21(28)30-22(2,3)4/h10,15,17,26H,6-9,11-13H2,1-5H3. The number of carbonyl (C=O) groups is 2. The molecule has 172 valence electrons. The minimum absolute atomic E-state index is 0.00503. The molecule has 2 aliphatic heterocycles. The molecule has 1 amide bonds. The van der Waals surface area contributed by atoms with Crippen LogP contribution in [0, 0.1) is 0 Å². The Morgan fingerprint density at radius 3 is 2.71 bits per heavy atom. The van der Waals surface area contributed by atoms with Gasteiger partial charge in [0.05, 0.1) is 23.9 Å². The molecular weight excluding hydrogens is 402 g/mol. The fourth-order valence-corrected chi connectivity index (χ4v) is 4.11. The molecule has 0 saturated carbocycles. The minimum atomic E-state index is -0.592.